The van der Waals surface area contributed by atoms with E-state index in [4.69, 9.17) is 27.9 Å². The Kier molecular flexibility index (Phi) is 6.12. The molecule has 0 saturated carbocycles. The van der Waals surface area contributed by atoms with Gasteiger partial charge in [0.05, 0.1) is 12.1 Å². The Morgan fingerprint density at radius 3 is 2.72 bits per heavy atom. The van der Waals surface area contributed by atoms with E-state index in [2.05, 4.69) is 4.99 Å². The predicted octanol–water partition coefficient (Wildman–Crippen LogP) is 5.91. The molecule has 0 atom stereocenters. The van der Waals surface area contributed by atoms with Crippen LogP contribution in [0.3, 0.4) is 0 Å². The summed E-state index contributed by atoms with van der Waals surface area (Å²) in [6.07, 6.45) is 1.65. The number of benzene rings is 2. The number of aliphatic imine (C=N–C) groups is 1. The third kappa shape index (κ3) is 4.61. The summed E-state index contributed by atoms with van der Waals surface area (Å²) in [6, 6.07) is 13.3. The van der Waals surface area contributed by atoms with Crippen molar-refractivity contribution >= 4 is 62.3 Å². The average Bonchev–Trinajstić information content (AvgIpc) is 2.93. The molecule has 2 aromatic rings. The van der Waals surface area contributed by atoms with Crippen molar-refractivity contribution in [2.75, 3.05) is 7.11 Å². The summed E-state index contributed by atoms with van der Waals surface area (Å²) < 4.78 is 6.03. The van der Waals surface area contributed by atoms with Crippen molar-refractivity contribution in [3.05, 3.63) is 69.3 Å². The SMILES string of the molecule is COc1c(Cl)cc(Cl)cc1/C=C1\N=C(SCc2ccccc2)SC1=O. The van der Waals surface area contributed by atoms with Crippen LogP contribution in [0.15, 0.2) is 53.2 Å². The number of ether oxygens (including phenoxy) is 1. The summed E-state index contributed by atoms with van der Waals surface area (Å²) in [7, 11) is 1.52. The molecule has 0 fully saturated rings. The second-order valence-corrected chi connectivity index (χ2v) is 8.11. The van der Waals surface area contributed by atoms with Gasteiger partial charge in [-0.05, 0) is 35.5 Å². The van der Waals surface area contributed by atoms with Crippen molar-refractivity contribution < 1.29 is 9.53 Å². The summed E-state index contributed by atoms with van der Waals surface area (Å²) in [6.45, 7) is 0. The van der Waals surface area contributed by atoms with E-state index < -0.39 is 0 Å². The van der Waals surface area contributed by atoms with Gasteiger partial charge in [-0.25, -0.2) is 4.99 Å². The Morgan fingerprint density at radius 1 is 1.24 bits per heavy atom. The highest BCUT2D eigenvalue weighted by Crippen LogP contribution is 2.37. The lowest BCUT2D eigenvalue weighted by atomic mass is 10.1. The van der Waals surface area contributed by atoms with Crippen LogP contribution in [0.1, 0.15) is 11.1 Å². The van der Waals surface area contributed by atoms with E-state index in [0.29, 0.717) is 27.1 Å². The van der Waals surface area contributed by atoms with Crippen LogP contribution in [0, 0.1) is 0 Å². The van der Waals surface area contributed by atoms with Gasteiger partial charge in [0.2, 0.25) is 5.12 Å². The molecule has 7 heteroatoms. The van der Waals surface area contributed by atoms with Gasteiger partial charge in [-0.2, -0.15) is 0 Å². The van der Waals surface area contributed by atoms with Gasteiger partial charge < -0.3 is 4.74 Å². The maximum absolute atomic E-state index is 12.2. The van der Waals surface area contributed by atoms with Gasteiger partial charge >= 0.3 is 0 Å². The van der Waals surface area contributed by atoms with Gasteiger partial charge in [-0.3, -0.25) is 4.79 Å². The van der Waals surface area contributed by atoms with Gasteiger partial charge in [0.1, 0.15) is 15.8 Å². The Labute approximate surface area is 164 Å². The summed E-state index contributed by atoms with van der Waals surface area (Å²) >= 11 is 14.9. The fraction of sp³-hybridized carbons (Fsp3) is 0.111. The number of rotatable bonds is 4. The highest BCUT2D eigenvalue weighted by Gasteiger charge is 2.23. The largest absolute Gasteiger partial charge is 0.495 e. The summed E-state index contributed by atoms with van der Waals surface area (Å²) in [5.41, 5.74) is 2.17. The zero-order valence-corrected chi connectivity index (χ0v) is 16.3. The number of thioether (sulfide) groups is 2. The first-order valence-corrected chi connectivity index (χ1v) is 9.85. The molecule has 25 heavy (non-hydrogen) atoms. The number of halogens is 2. The number of hydrogen-bond acceptors (Lipinski definition) is 5. The van der Waals surface area contributed by atoms with Crippen LogP contribution in [0.5, 0.6) is 5.75 Å². The molecule has 128 valence electrons. The Hall–Kier alpha value is -1.40. The Bertz CT molecular complexity index is 867. The summed E-state index contributed by atoms with van der Waals surface area (Å²) in [5.74, 6) is 1.23. The second kappa shape index (κ2) is 8.32. The quantitative estimate of drug-likeness (QED) is 0.588. The molecule has 0 bridgehead atoms. The molecule has 0 N–H and O–H groups in total. The van der Waals surface area contributed by atoms with Crippen molar-refractivity contribution in [3.8, 4) is 5.75 Å². The van der Waals surface area contributed by atoms with E-state index in [1.807, 2.05) is 30.3 Å². The first kappa shape index (κ1) is 18.4. The third-order valence-electron chi connectivity index (χ3n) is 3.34. The Balaban J connectivity index is 1.82. The molecule has 0 saturated heterocycles. The van der Waals surface area contributed by atoms with Crippen molar-refractivity contribution in [2.45, 2.75) is 5.75 Å². The minimum absolute atomic E-state index is 0.103. The Morgan fingerprint density at radius 2 is 2.00 bits per heavy atom. The third-order valence-corrected chi connectivity index (χ3v) is 5.92. The highest BCUT2D eigenvalue weighted by molar-refractivity contribution is 8.45. The van der Waals surface area contributed by atoms with Crippen LogP contribution in [-0.4, -0.2) is 16.6 Å². The molecule has 0 radical (unpaired) electrons. The minimum atomic E-state index is -0.103. The zero-order chi connectivity index (χ0) is 17.8. The maximum Gasteiger partial charge on any atom is 0.244 e. The molecule has 0 spiro atoms. The van der Waals surface area contributed by atoms with Crippen LogP contribution < -0.4 is 4.74 Å². The lowest BCUT2D eigenvalue weighted by Gasteiger charge is -2.08. The van der Waals surface area contributed by atoms with Crippen LogP contribution in [0.25, 0.3) is 6.08 Å². The minimum Gasteiger partial charge on any atom is -0.495 e. The lowest BCUT2D eigenvalue weighted by molar-refractivity contribution is -0.107. The van der Waals surface area contributed by atoms with Crippen molar-refractivity contribution in [1.82, 2.24) is 0 Å². The van der Waals surface area contributed by atoms with E-state index in [-0.39, 0.29) is 5.12 Å². The van der Waals surface area contributed by atoms with E-state index >= 15 is 0 Å². The van der Waals surface area contributed by atoms with E-state index in [1.165, 1.54) is 24.4 Å². The zero-order valence-electron chi connectivity index (χ0n) is 13.2. The van der Waals surface area contributed by atoms with Gasteiger partial charge in [-0.1, -0.05) is 65.3 Å². The normalized spacial score (nSPS) is 15.6. The van der Waals surface area contributed by atoms with Crippen molar-refractivity contribution in [1.29, 1.82) is 0 Å². The molecular weight excluding hydrogens is 397 g/mol. The first-order valence-electron chi connectivity index (χ1n) is 7.29. The molecule has 0 aliphatic carbocycles. The lowest BCUT2D eigenvalue weighted by Crippen LogP contribution is -1.92. The van der Waals surface area contributed by atoms with Crippen LogP contribution in [-0.2, 0) is 10.5 Å². The number of hydrogen-bond donors (Lipinski definition) is 0. The van der Waals surface area contributed by atoms with Gasteiger partial charge in [-0.15, -0.1) is 0 Å². The number of carbonyl (C=O) groups is 1. The molecule has 0 aromatic heterocycles. The van der Waals surface area contributed by atoms with Crippen LogP contribution >= 0.6 is 46.7 Å². The molecule has 1 aliphatic heterocycles. The second-order valence-electron chi connectivity index (χ2n) is 5.08. The van der Waals surface area contributed by atoms with E-state index in [9.17, 15) is 4.79 Å². The standard InChI is InChI=1S/C18H13Cl2NO2S2/c1-23-16-12(7-13(19)9-14(16)20)8-15-17(22)25-18(21-15)24-10-11-5-3-2-4-6-11/h2-9H,10H2,1H3/b15-8-. The molecular formula is C18H13Cl2NO2S2. The van der Waals surface area contributed by atoms with Crippen LogP contribution in [0.4, 0.5) is 0 Å². The molecule has 0 amide bonds. The molecule has 0 unspecified atom stereocenters. The van der Waals surface area contributed by atoms with Gasteiger partial charge in [0.15, 0.2) is 0 Å². The topological polar surface area (TPSA) is 38.7 Å². The fourth-order valence-corrected chi connectivity index (χ4v) is 4.60. The smallest absolute Gasteiger partial charge is 0.244 e. The van der Waals surface area contributed by atoms with Gasteiger partial charge in [0, 0.05) is 16.3 Å². The maximum atomic E-state index is 12.2. The van der Waals surface area contributed by atoms with Crippen molar-refractivity contribution in [2.24, 2.45) is 4.99 Å². The van der Waals surface area contributed by atoms with Crippen molar-refractivity contribution in [3.63, 3.8) is 0 Å². The average molecular weight is 410 g/mol. The monoisotopic (exact) mass is 409 g/mol. The van der Waals surface area contributed by atoms with E-state index in [0.717, 1.165) is 21.9 Å². The van der Waals surface area contributed by atoms with E-state index in [1.54, 1.807) is 18.2 Å². The summed E-state index contributed by atoms with van der Waals surface area (Å²) in [4.78, 5) is 16.7. The molecule has 3 nitrogen and oxygen atoms in total. The molecule has 2 aromatic carbocycles. The number of methoxy groups -OCH3 is 1. The highest BCUT2D eigenvalue weighted by atomic mass is 35.5. The summed E-state index contributed by atoms with van der Waals surface area (Å²) in [5, 5.41) is 0.759. The number of carbonyl (C=O) groups excluding carboxylic acids is 1. The first-order chi connectivity index (χ1) is 12.1. The van der Waals surface area contributed by atoms with Gasteiger partial charge in [0.25, 0.3) is 0 Å². The predicted molar refractivity (Wildman–Crippen MR) is 109 cm³/mol. The fourth-order valence-electron chi connectivity index (χ4n) is 2.22. The number of nitrogens with zero attached hydrogens (tertiary/aromatic N) is 1. The molecule has 3 rings (SSSR count). The molecule has 1 heterocycles. The van der Waals surface area contributed by atoms with Crippen LogP contribution in [0.2, 0.25) is 10.0 Å². The molecule has 1 aliphatic rings.